The summed E-state index contributed by atoms with van der Waals surface area (Å²) in [5.41, 5.74) is 5.78. The van der Waals surface area contributed by atoms with Gasteiger partial charge in [0.1, 0.15) is 0 Å². The largest absolute Gasteiger partial charge is 0.344 e. The van der Waals surface area contributed by atoms with Crippen molar-refractivity contribution in [2.24, 2.45) is 0 Å². The molecule has 0 spiro atoms. The number of para-hydroxylation sites is 1. The van der Waals surface area contributed by atoms with Gasteiger partial charge in [0, 0.05) is 23.3 Å². The molecule has 0 bridgehead atoms. The van der Waals surface area contributed by atoms with Crippen molar-refractivity contribution in [3.8, 4) is 0 Å². The molecule has 108 valence electrons. The van der Waals surface area contributed by atoms with Crippen LogP contribution < -0.4 is 4.90 Å². The second-order valence-corrected chi connectivity index (χ2v) is 6.21. The van der Waals surface area contributed by atoms with Crippen molar-refractivity contribution in [2.75, 3.05) is 11.4 Å². The van der Waals surface area contributed by atoms with E-state index in [4.69, 9.17) is 0 Å². The minimum atomic E-state index is 0.0935. The number of nitrogens with zero attached hydrogens (tertiary/aromatic N) is 1. The van der Waals surface area contributed by atoms with E-state index in [0.29, 0.717) is 0 Å². The van der Waals surface area contributed by atoms with Crippen molar-refractivity contribution < 1.29 is 0 Å². The summed E-state index contributed by atoms with van der Waals surface area (Å²) in [5.74, 6) is 0. The van der Waals surface area contributed by atoms with Crippen molar-refractivity contribution in [3.05, 3.63) is 53.3 Å². The van der Waals surface area contributed by atoms with Gasteiger partial charge in [0.15, 0.2) is 0 Å². The first-order valence-corrected chi connectivity index (χ1v) is 7.77. The van der Waals surface area contributed by atoms with E-state index in [1.165, 1.54) is 22.5 Å². The molecule has 1 aliphatic heterocycles. The van der Waals surface area contributed by atoms with Crippen LogP contribution in [0, 0.1) is 0 Å². The first-order valence-electron chi connectivity index (χ1n) is 7.77. The number of rotatable bonds is 4. The lowest BCUT2D eigenvalue weighted by atomic mass is 9.83. The fraction of sp³-hybridized carbons (Fsp3) is 0.474. The van der Waals surface area contributed by atoms with Gasteiger partial charge in [0.2, 0.25) is 0 Å². The van der Waals surface area contributed by atoms with Crippen LogP contribution in [0.5, 0.6) is 0 Å². The Balaban J connectivity index is 2.51. The van der Waals surface area contributed by atoms with Crippen molar-refractivity contribution >= 4 is 5.69 Å². The van der Waals surface area contributed by atoms with Gasteiger partial charge in [0.25, 0.3) is 0 Å². The van der Waals surface area contributed by atoms with Crippen LogP contribution in [0.2, 0.25) is 0 Å². The summed E-state index contributed by atoms with van der Waals surface area (Å²) in [7, 11) is 0. The topological polar surface area (TPSA) is 3.24 Å². The molecule has 1 heteroatoms. The smallest absolute Gasteiger partial charge is 0.0450 e. The molecular weight excluding hydrogens is 242 g/mol. The highest BCUT2D eigenvalue weighted by molar-refractivity contribution is 5.70. The predicted octanol–water partition coefficient (Wildman–Crippen LogP) is 5.43. The third kappa shape index (κ3) is 2.54. The molecule has 0 radical (unpaired) electrons. The quantitative estimate of drug-likeness (QED) is 0.704. The second kappa shape index (κ2) is 5.87. The van der Waals surface area contributed by atoms with Crippen LogP contribution >= 0.6 is 0 Å². The summed E-state index contributed by atoms with van der Waals surface area (Å²) in [4.78, 5) is 2.49. The molecule has 1 nitrogen and oxygen atoms in total. The Morgan fingerprint density at radius 1 is 1.20 bits per heavy atom. The van der Waals surface area contributed by atoms with E-state index in [-0.39, 0.29) is 5.41 Å². The molecule has 0 atom stereocenters. The molecular formula is C19H27N. The Labute approximate surface area is 124 Å². The number of allylic oxidation sites excluding steroid dienone is 4. The zero-order valence-corrected chi connectivity index (χ0v) is 13.5. The maximum absolute atomic E-state index is 2.49. The summed E-state index contributed by atoms with van der Waals surface area (Å²) in [5, 5.41) is 0. The van der Waals surface area contributed by atoms with E-state index < -0.39 is 0 Å². The predicted molar refractivity (Wildman–Crippen MR) is 89.2 cm³/mol. The van der Waals surface area contributed by atoms with E-state index in [1.54, 1.807) is 0 Å². The van der Waals surface area contributed by atoms with Gasteiger partial charge in [-0.05, 0) is 37.5 Å². The van der Waals surface area contributed by atoms with Crippen molar-refractivity contribution in [2.45, 2.75) is 52.9 Å². The van der Waals surface area contributed by atoms with Crippen LogP contribution in [0.15, 0.2) is 47.7 Å². The normalized spacial score (nSPS) is 19.6. The van der Waals surface area contributed by atoms with E-state index in [1.807, 2.05) is 0 Å². The molecule has 0 aliphatic carbocycles. The van der Waals surface area contributed by atoms with Gasteiger partial charge in [-0.2, -0.15) is 0 Å². The molecule has 20 heavy (non-hydrogen) atoms. The Morgan fingerprint density at radius 2 is 1.90 bits per heavy atom. The van der Waals surface area contributed by atoms with Crippen LogP contribution in [-0.4, -0.2) is 6.54 Å². The summed E-state index contributed by atoms with van der Waals surface area (Å²) in [6.45, 7) is 12.4. The monoisotopic (exact) mass is 269 g/mol. The zero-order valence-electron chi connectivity index (χ0n) is 13.5. The minimum Gasteiger partial charge on any atom is -0.344 e. The number of hydrogen-bond donors (Lipinski definition) is 0. The minimum absolute atomic E-state index is 0.0935. The Morgan fingerprint density at radius 3 is 2.55 bits per heavy atom. The average Bonchev–Trinajstić information content (AvgIpc) is 2.66. The third-order valence-corrected chi connectivity index (χ3v) is 4.33. The van der Waals surface area contributed by atoms with E-state index in [9.17, 15) is 0 Å². The van der Waals surface area contributed by atoms with Crippen LogP contribution in [0.4, 0.5) is 5.69 Å². The second-order valence-electron chi connectivity index (χ2n) is 6.21. The zero-order chi connectivity index (χ0) is 14.8. The number of hydrogen-bond acceptors (Lipinski definition) is 1. The summed E-state index contributed by atoms with van der Waals surface area (Å²) >= 11 is 0. The van der Waals surface area contributed by atoms with Gasteiger partial charge >= 0.3 is 0 Å². The molecule has 0 aromatic heterocycles. The van der Waals surface area contributed by atoms with Gasteiger partial charge in [0.05, 0.1) is 0 Å². The molecule has 0 amide bonds. The Kier molecular flexibility index (Phi) is 4.37. The van der Waals surface area contributed by atoms with Gasteiger partial charge < -0.3 is 4.90 Å². The van der Waals surface area contributed by atoms with E-state index in [2.05, 4.69) is 75.9 Å². The number of anilines is 1. The van der Waals surface area contributed by atoms with Gasteiger partial charge in [-0.25, -0.2) is 0 Å². The highest BCUT2D eigenvalue weighted by Gasteiger charge is 2.38. The van der Waals surface area contributed by atoms with E-state index in [0.717, 1.165) is 19.4 Å². The molecule has 0 N–H and O–H groups in total. The summed E-state index contributed by atoms with van der Waals surface area (Å²) in [6.07, 6.45) is 6.89. The highest BCUT2D eigenvalue weighted by Crippen LogP contribution is 2.47. The van der Waals surface area contributed by atoms with Gasteiger partial charge in [-0.3, -0.25) is 0 Å². The lowest BCUT2D eigenvalue weighted by Crippen LogP contribution is -2.26. The molecule has 1 aromatic rings. The number of fused-ring (bicyclic) bond motifs is 1. The summed E-state index contributed by atoms with van der Waals surface area (Å²) < 4.78 is 0. The van der Waals surface area contributed by atoms with Crippen molar-refractivity contribution in [3.63, 3.8) is 0 Å². The molecule has 0 unspecified atom stereocenters. The lowest BCUT2D eigenvalue weighted by molar-refractivity contribution is 0.629. The molecule has 2 rings (SSSR count). The fourth-order valence-corrected chi connectivity index (χ4v) is 2.94. The molecule has 0 fully saturated rings. The van der Waals surface area contributed by atoms with Crippen molar-refractivity contribution in [1.82, 2.24) is 0 Å². The first-order chi connectivity index (χ1) is 9.52. The first kappa shape index (κ1) is 14.9. The molecule has 1 aromatic carbocycles. The standard InChI is InChI=1S/C19H27N/c1-6-14-20-17-11-9-8-10-16(17)19(4,5)18(20)13-12-15(3)7-2/h8-13H,6-7,14H2,1-5H3. The Bertz CT molecular complexity index is 534. The third-order valence-electron chi connectivity index (χ3n) is 4.33. The van der Waals surface area contributed by atoms with E-state index >= 15 is 0 Å². The summed E-state index contributed by atoms with van der Waals surface area (Å²) in [6, 6.07) is 8.83. The van der Waals surface area contributed by atoms with Gasteiger partial charge in [-0.1, -0.05) is 57.5 Å². The van der Waals surface area contributed by atoms with Crippen LogP contribution in [0.25, 0.3) is 0 Å². The lowest BCUT2D eigenvalue weighted by Gasteiger charge is -2.26. The number of benzene rings is 1. The maximum Gasteiger partial charge on any atom is 0.0450 e. The van der Waals surface area contributed by atoms with Crippen molar-refractivity contribution in [1.29, 1.82) is 0 Å². The van der Waals surface area contributed by atoms with Gasteiger partial charge in [-0.15, -0.1) is 0 Å². The maximum atomic E-state index is 2.49. The molecule has 1 aliphatic rings. The fourth-order valence-electron chi connectivity index (χ4n) is 2.94. The molecule has 0 saturated carbocycles. The van der Waals surface area contributed by atoms with Crippen LogP contribution in [0.3, 0.4) is 0 Å². The molecule has 0 saturated heterocycles. The van der Waals surface area contributed by atoms with Crippen LogP contribution in [-0.2, 0) is 5.41 Å². The SMILES string of the molecule is CCCN1C(=CC=C(C)CC)C(C)(C)c2ccccc21. The highest BCUT2D eigenvalue weighted by atomic mass is 15.2. The molecule has 1 heterocycles. The van der Waals surface area contributed by atoms with Crippen LogP contribution in [0.1, 0.15) is 53.0 Å². The average molecular weight is 269 g/mol. The Hall–Kier alpha value is -1.50.